The highest BCUT2D eigenvalue weighted by Crippen LogP contribution is 2.23. The number of halogens is 1. The second-order valence-electron chi connectivity index (χ2n) is 5.46. The molecule has 2 nitrogen and oxygen atoms in total. The molecule has 1 atom stereocenters. The van der Waals surface area contributed by atoms with E-state index in [0.717, 1.165) is 47.4 Å². The van der Waals surface area contributed by atoms with E-state index in [1.165, 1.54) is 12.8 Å². The summed E-state index contributed by atoms with van der Waals surface area (Å²) in [4.78, 5) is 14.7. The lowest BCUT2D eigenvalue weighted by Crippen LogP contribution is -2.32. The highest BCUT2D eigenvalue weighted by Gasteiger charge is 2.21. The maximum absolute atomic E-state index is 12.6. The Hall–Kier alpha value is -0.830. The van der Waals surface area contributed by atoms with E-state index in [-0.39, 0.29) is 5.91 Å². The fourth-order valence-corrected chi connectivity index (χ4v) is 3.13. The number of carbonyl (C=O) groups excluding carboxylic acids is 1. The van der Waals surface area contributed by atoms with Gasteiger partial charge in [0.15, 0.2) is 0 Å². The Morgan fingerprint density at radius 2 is 2.16 bits per heavy atom. The number of likely N-dealkylation sites (tertiary alicyclic amines) is 1. The fraction of sp³-hybridized carbons (Fsp3) is 0.562. The van der Waals surface area contributed by atoms with Gasteiger partial charge < -0.3 is 4.90 Å². The molecule has 1 aromatic rings. The molecule has 0 spiro atoms. The molecule has 1 aliphatic rings. The van der Waals surface area contributed by atoms with Gasteiger partial charge in [0, 0.05) is 23.1 Å². The number of amides is 1. The Balaban J connectivity index is 2.13. The number of rotatable bonds is 2. The lowest BCUT2D eigenvalue weighted by molar-refractivity contribution is 0.0759. The van der Waals surface area contributed by atoms with Gasteiger partial charge in [-0.05, 0) is 49.8 Å². The first kappa shape index (κ1) is 14.6. The second-order valence-corrected chi connectivity index (χ2v) is 6.37. The summed E-state index contributed by atoms with van der Waals surface area (Å²) in [6, 6.07) is 5.94. The van der Waals surface area contributed by atoms with Crippen LogP contribution in [0.25, 0.3) is 0 Å². The van der Waals surface area contributed by atoms with Crippen LogP contribution >= 0.6 is 15.9 Å². The van der Waals surface area contributed by atoms with Crippen molar-refractivity contribution in [1.82, 2.24) is 4.90 Å². The van der Waals surface area contributed by atoms with Crippen LogP contribution in [-0.4, -0.2) is 23.9 Å². The molecule has 1 aromatic carbocycles. The molecular formula is C16H22BrNO. The van der Waals surface area contributed by atoms with E-state index in [1.807, 2.05) is 30.0 Å². The summed E-state index contributed by atoms with van der Waals surface area (Å²) in [6.07, 6.45) is 4.78. The zero-order valence-corrected chi connectivity index (χ0v) is 13.4. The van der Waals surface area contributed by atoms with Gasteiger partial charge in [-0.2, -0.15) is 0 Å². The molecule has 104 valence electrons. The van der Waals surface area contributed by atoms with Crippen molar-refractivity contribution >= 4 is 21.8 Å². The predicted molar refractivity (Wildman–Crippen MR) is 82.4 cm³/mol. The maximum Gasteiger partial charge on any atom is 0.254 e. The van der Waals surface area contributed by atoms with Crippen molar-refractivity contribution in [3.8, 4) is 0 Å². The molecule has 0 aromatic heterocycles. The average Bonchev–Trinajstić information content (AvgIpc) is 2.66. The van der Waals surface area contributed by atoms with Crippen molar-refractivity contribution in [1.29, 1.82) is 0 Å². The van der Waals surface area contributed by atoms with Crippen LogP contribution in [0.15, 0.2) is 22.7 Å². The van der Waals surface area contributed by atoms with Crippen LogP contribution in [0.1, 0.15) is 48.5 Å². The van der Waals surface area contributed by atoms with Crippen LogP contribution in [0.4, 0.5) is 0 Å². The topological polar surface area (TPSA) is 20.3 Å². The quantitative estimate of drug-likeness (QED) is 0.789. The first-order valence-electron chi connectivity index (χ1n) is 7.17. The third-order valence-electron chi connectivity index (χ3n) is 4.14. The minimum atomic E-state index is 0.190. The monoisotopic (exact) mass is 323 g/mol. The molecule has 1 saturated heterocycles. The molecule has 1 heterocycles. The van der Waals surface area contributed by atoms with E-state index in [1.54, 1.807) is 0 Å². The molecule has 2 rings (SSSR count). The summed E-state index contributed by atoms with van der Waals surface area (Å²) >= 11 is 3.45. The fourth-order valence-electron chi connectivity index (χ4n) is 2.77. The predicted octanol–water partition coefficient (Wildman–Crippen LogP) is 4.41. The van der Waals surface area contributed by atoms with E-state index in [9.17, 15) is 4.79 Å². The SMILES string of the molecule is CCC1CCCN(C(=O)c2cc(Br)ccc2C)CC1. The first-order chi connectivity index (χ1) is 9.11. The first-order valence-corrected chi connectivity index (χ1v) is 7.96. The van der Waals surface area contributed by atoms with Gasteiger partial charge >= 0.3 is 0 Å². The molecule has 1 aliphatic heterocycles. The number of carbonyl (C=O) groups is 1. The number of nitrogens with zero attached hydrogens (tertiary/aromatic N) is 1. The normalized spacial score (nSPS) is 20.2. The summed E-state index contributed by atoms with van der Waals surface area (Å²) in [7, 11) is 0. The van der Waals surface area contributed by atoms with Gasteiger partial charge in [0.2, 0.25) is 0 Å². The van der Waals surface area contributed by atoms with Gasteiger partial charge in [-0.15, -0.1) is 0 Å². The van der Waals surface area contributed by atoms with Crippen LogP contribution in [0.2, 0.25) is 0 Å². The van der Waals surface area contributed by atoms with Crippen molar-refractivity contribution in [3.63, 3.8) is 0 Å². The summed E-state index contributed by atoms with van der Waals surface area (Å²) in [5.41, 5.74) is 1.90. The Bertz CT molecular complexity index is 458. The molecule has 19 heavy (non-hydrogen) atoms. The van der Waals surface area contributed by atoms with E-state index >= 15 is 0 Å². The summed E-state index contributed by atoms with van der Waals surface area (Å²) in [5.74, 6) is 0.983. The lowest BCUT2D eigenvalue weighted by Gasteiger charge is -2.21. The van der Waals surface area contributed by atoms with Gasteiger partial charge in [-0.1, -0.05) is 35.3 Å². The van der Waals surface area contributed by atoms with E-state index in [4.69, 9.17) is 0 Å². The van der Waals surface area contributed by atoms with Gasteiger partial charge in [0.1, 0.15) is 0 Å². The smallest absolute Gasteiger partial charge is 0.254 e. The third kappa shape index (κ3) is 3.59. The van der Waals surface area contributed by atoms with Crippen molar-refractivity contribution < 1.29 is 4.79 Å². The minimum Gasteiger partial charge on any atom is -0.339 e. The Kier molecular flexibility index (Phi) is 5.03. The Morgan fingerprint density at radius 1 is 1.37 bits per heavy atom. The van der Waals surface area contributed by atoms with E-state index in [2.05, 4.69) is 22.9 Å². The van der Waals surface area contributed by atoms with Crippen LogP contribution < -0.4 is 0 Å². The Morgan fingerprint density at radius 3 is 2.89 bits per heavy atom. The summed E-state index contributed by atoms with van der Waals surface area (Å²) in [5, 5.41) is 0. The summed E-state index contributed by atoms with van der Waals surface area (Å²) < 4.78 is 0.975. The zero-order valence-electron chi connectivity index (χ0n) is 11.8. The van der Waals surface area contributed by atoms with Crippen LogP contribution in [-0.2, 0) is 0 Å². The van der Waals surface area contributed by atoms with Crippen molar-refractivity contribution in [2.45, 2.75) is 39.5 Å². The van der Waals surface area contributed by atoms with Gasteiger partial charge in [0.25, 0.3) is 5.91 Å². The highest BCUT2D eigenvalue weighted by molar-refractivity contribution is 9.10. The third-order valence-corrected chi connectivity index (χ3v) is 4.64. The molecule has 0 N–H and O–H groups in total. The molecule has 3 heteroatoms. The van der Waals surface area contributed by atoms with E-state index < -0.39 is 0 Å². The number of hydrogen-bond donors (Lipinski definition) is 0. The van der Waals surface area contributed by atoms with Crippen LogP contribution in [0.3, 0.4) is 0 Å². The highest BCUT2D eigenvalue weighted by atomic mass is 79.9. The maximum atomic E-state index is 12.6. The van der Waals surface area contributed by atoms with Crippen molar-refractivity contribution in [3.05, 3.63) is 33.8 Å². The van der Waals surface area contributed by atoms with Crippen molar-refractivity contribution in [2.75, 3.05) is 13.1 Å². The second kappa shape index (κ2) is 6.56. The van der Waals surface area contributed by atoms with Gasteiger partial charge in [-0.3, -0.25) is 4.79 Å². The van der Waals surface area contributed by atoms with Crippen LogP contribution in [0.5, 0.6) is 0 Å². The summed E-state index contributed by atoms with van der Waals surface area (Å²) in [6.45, 7) is 6.07. The number of benzene rings is 1. The van der Waals surface area contributed by atoms with Gasteiger partial charge in [-0.25, -0.2) is 0 Å². The molecule has 1 unspecified atom stereocenters. The minimum absolute atomic E-state index is 0.190. The number of hydrogen-bond acceptors (Lipinski definition) is 1. The molecule has 0 saturated carbocycles. The van der Waals surface area contributed by atoms with Crippen LogP contribution in [0, 0.1) is 12.8 Å². The largest absolute Gasteiger partial charge is 0.339 e. The molecular weight excluding hydrogens is 302 g/mol. The van der Waals surface area contributed by atoms with Crippen molar-refractivity contribution in [2.24, 2.45) is 5.92 Å². The number of aryl methyl sites for hydroxylation is 1. The zero-order chi connectivity index (χ0) is 13.8. The molecule has 0 aliphatic carbocycles. The molecule has 0 radical (unpaired) electrons. The molecule has 0 bridgehead atoms. The lowest BCUT2D eigenvalue weighted by atomic mass is 9.98. The standard InChI is InChI=1S/C16H22BrNO/c1-3-13-5-4-9-18(10-8-13)16(19)15-11-14(17)7-6-12(15)2/h6-7,11,13H,3-5,8-10H2,1-2H3. The average molecular weight is 324 g/mol. The van der Waals surface area contributed by atoms with E-state index in [0.29, 0.717) is 0 Å². The van der Waals surface area contributed by atoms with Gasteiger partial charge in [0.05, 0.1) is 0 Å². The molecule has 1 amide bonds. The molecule has 1 fully saturated rings. The Labute approximate surface area is 124 Å².